The number of furan rings is 1. The zero-order chi connectivity index (χ0) is 14.7. The Morgan fingerprint density at radius 2 is 2.15 bits per heavy atom. The van der Waals surface area contributed by atoms with E-state index in [2.05, 4.69) is 9.64 Å². The molecule has 6 heteroatoms. The average molecular weight is 280 g/mol. The molecule has 0 bridgehead atoms. The molecular formula is C14H20N2O4. The average Bonchev–Trinajstić information content (AvgIpc) is 2.87. The van der Waals surface area contributed by atoms with Crippen molar-refractivity contribution in [1.29, 1.82) is 0 Å². The first-order valence-electron chi connectivity index (χ1n) is 6.69. The topological polar surface area (TPSA) is 63.0 Å². The number of amides is 1. The van der Waals surface area contributed by atoms with Crippen LogP contribution >= 0.6 is 0 Å². The molecule has 1 aromatic heterocycles. The second kappa shape index (κ2) is 6.09. The van der Waals surface area contributed by atoms with E-state index in [1.807, 2.05) is 14.0 Å². The van der Waals surface area contributed by atoms with Gasteiger partial charge in [0.05, 0.1) is 19.7 Å². The highest BCUT2D eigenvalue weighted by atomic mass is 16.5. The van der Waals surface area contributed by atoms with Crippen molar-refractivity contribution in [2.45, 2.75) is 19.4 Å². The first kappa shape index (κ1) is 14.6. The molecule has 20 heavy (non-hydrogen) atoms. The zero-order valence-electron chi connectivity index (χ0n) is 12.1. The Hall–Kier alpha value is -1.82. The van der Waals surface area contributed by atoms with Gasteiger partial charge in [-0.3, -0.25) is 9.69 Å². The number of carbonyl (C=O) groups is 2. The molecule has 0 aliphatic carbocycles. The Balaban J connectivity index is 2.10. The summed E-state index contributed by atoms with van der Waals surface area (Å²) in [6.45, 7) is 3.93. The van der Waals surface area contributed by atoms with Gasteiger partial charge in [0.2, 0.25) is 11.7 Å². The molecule has 6 nitrogen and oxygen atoms in total. The molecule has 2 rings (SSSR count). The Labute approximate surface area is 118 Å². The first-order chi connectivity index (χ1) is 9.52. The second-order valence-corrected chi connectivity index (χ2v) is 5.01. The Kier molecular flexibility index (Phi) is 4.44. The van der Waals surface area contributed by atoms with Gasteiger partial charge in [0.1, 0.15) is 5.76 Å². The van der Waals surface area contributed by atoms with Crippen molar-refractivity contribution in [3.8, 4) is 0 Å². The molecule has 1 saturated heterocycles. The lowest BCUT2D eigenvalue weighted by molar-refractivity contribution is -0.130. The molecule has 1 fully saturated rings. The fourth-order valence-electron chi connectivity index (χ4n) is 2.31. The van der Waals surface area contributed by atoms with Gasteiger partial charge in [0.25, 0.3) is 0 Å². The van der Waals surface area contributed by atoms with Crippen LogP contribution in [0.15, 0.2) is 16.5 Å². The summed E-state index contributed by atoms with van der Waals surface area (Å²) in [7, 11) is 3.13. The van der Waals surface area contributed by atoms with Crippen LogP contribution in [0.1, 0.15) is 35.7 Å². The maximum atomic E-state index is 11.9. The van der Waals surface area contributed by atoms with Crippen molar-refractivity contribution >= 4 is 11.9 Å². The Morgan fingerprint density at radius 1 is 1.40 bits per heavy atom. The van der Waals surface area contributed by atoms with Gasteiger partial charge in [-0.25, -0.2) is 4.79 Å². The van der Waals surface area contributed by atoms with E-state index in [1.165, 1.54) is 7.11 Å². The summed E-state index contributed by atoms with van der Waals surface area (Å²) < 4.78 is 10.1. The monoisotopic (exact) mass is 280 g/mol. The maximum absolute atomic E-state index is 11.9. The fourth-order valence-corrected chi connectivity index (χ4v) is 2.31. The highest BCUT2D eigenvalue weighted by molar-refractivity contribution is 5.86. The molecule has 0 aromatic carbocycles. The number of ether oxygens (including phenoxy) is 1. The minimum Gasteiger partial charge on any atom is -0.463 e. The predicted octanol–water partition coefficient (Wildman–Crippen LogP) is 1.29. The van der Waals surface area contributed by atoms with Gasteiger partial charge in [-0.2, -0.15) is 0 Å². The van der Waals surface area contributed by atoms with Crippen LogP contribution in [0.5, 0.6) is 0 Å². The minimum absolute atomic E-state index is 0.0520. The van der Waals surface area contributed by atoms with Crippen LogP contribution in [0, 0.1) is 0 Å². The third-order valence-corrected chi connectivity index (χ3v) is 3.68. The van der Waals surface area contributed by atoms with Crippen LogP contribution in [0.3, 0.4) is 0 Å². The summed E-state index contributed by atoms with van der Waals surface area (Å²) in [6, 6.07) is 3.31. The van der Waals surface area contributed by atoms with Gasteiger partial charge in [-0.1, -0.05) is 0 Å². The predicted molar refractivity (Wildman–Crippen MR) is 72.3 cm³/mol. The number of methoxy groups -OCH3 is 1. The number of rotatable bonds is 3. The molecule has 1 aromatic rings. The number of esters is 1. The molecule has 110 valence electrons. The third-order valence-electron chi connectivity index (χ3n) is 3.68. The molecule has 1 aliphatic rings. The number of carbonyl (C=O) groups excluding carboxylic acids is 2. The van der Waals surface area contributed by atoms with E-state index in [9.17, 15) is 9.59 Å². The molecular weight excluding hydrogens is 260 g/mol. The van der Waals surface area contributed by atoms with E-state index in [-0.39, 0.29) is 17.7 Å². The molecule has 1 atom stereocenters. The lowest BCUT2D eigenvalue weighted by atomic mass is 10.2. The van der Waals surface area contributed by atoms with Crippen molar-refractivity contribution in [2.75, 3.05) is 33.8 Å². The molecule has 0 radical (unpaired) electrons. The summed E-state index contributed by atoms with van der Waals surface area (Å²) in [5.41, 5.74) is 0. The van der Waals surface area contributed by atoms with Gasteiger partial charge >= 0.3 is 5.97 Å². The van der Waals surface area contributed by atoms with Crippen LogP contribution in [0.2, 0.25) is 0 Å². The lowest BCUT2D eigenvalue weighted by Crippen LogP contribution is -2.35. The summed E-state index contributed by atoms with van der Waals surface area (Å²) in [6.07, 6.45) is 0.928. The summed E-state index contributed by atoms with van der Waals surface area (Å²) in [4.78, 5) is 27.1. The quantitative estimate of drug-likeness (QED) is 0.781. The van der Waals surface area contributed by atoms with E-state index in [1.54, 1.807) is 17.0 Å². The Bertz CT molecular complexity index is 497. The smallest absolute Gasteiger partial charge is 0.373 e. The molecule has 0 spiro atoms. The van der Waals surface area contributed by atoms with Crippen molar-refractivity contribution in [3.63, 3.8) is 0 Å². The molecule has 1 unspecified atom stereocenters. The van der Waals surface area contributed by atoms with E-state index >= 15 is 0 Å². The van der Waals surface area contributed by atoms with Crippen LogP contribution < -0.4 is 0 Å². The summed E-state index contributed by atoms with van der Waals surface area (Å²) in [5, 5.41) is 0. The summed E-state index contributed by atoms with van der Waals surface area (Å²) >= 11 is 0. The van der Waals surface area contributed by atoms with E-state index in [4.69, 9.17) is 4.42 Å². The zero-order valence-corrected chi connectivity index (χ0v) is 12.1. The van der Waals surface area contributed by atoms with Gasteiger partial charge < -0.3 is 14.1 Å². The number of nitrogens with zero attached hydrogens (tertiary/aromatic N) is 2. The standard InChI is InChI=1S/C14H20N2O4/c1-10(11-5-6-12(20-11)14(18)19-3)16-8-4-7-15(2)13(17)9-16/h5-6,10H,4,7-9H2,1-3H3. The molecule has 0 saturated carbocycles. The normalized spacial score (nSPS) is 18.8. The third kappa shape index (κ3) is 3.01. The van der Waals surface area contributed by atoms with E-state index in [0.29, 0.717) is 12.3 Å². The molecule has 0 N–H and O–H groups in total. The molecule has 2 heterocycles. The lowest BCUT2D eigenvalue weighted by Gasteiger charge is -2.25. The van der Waals surface area contributed by atoms with Crippen LogP contribution in [-0.2, 0) is 9.53 Å². The van der Waals surface area contributed by atoms with Crippen LogP contribution in [0.25, 0.3) is 0 Å². The number of hydrogen-bond acceptors (Lipinski definition) is 5. The highest BCUT2D eigenvalue weighted by Crippen LogP contribution is 2.24. The second-order valence-electron chi connectivity index (χ2n) is 5.01. The number of likely N-dealkylation sites (N-methyl/N-ethyl adjacent to an activating group) is 1. The van der Waals surface area contributed by atoms with Gasteiger partial charge in [0.15, 0.2) is 0 Å². The highest BCUT2D eigenvalue weighted by Gasteiger charge is 2.26. The fraction of sp³-hybridized carbons (Fsp3) is 0.571. The molecule has 1 aliphatic heterocycles. The summed E-state index contributed by atoms with van der Waals surface area (Å²) in [5.74, 6) is 0.472. The van der Waals surface area contributed by atoms with Crippen LogP contribution in [0.4, 0.5) is 0 Å². The largest absolute Gasteiger partial charge is 0.463 e. The SMILES string of the molecule is COC(=O)c1ccc(C(C)N2CCCN(C)C(=O)C2)o1. The minimum atomic E-state index is -0.491. The van der Waals surface area contributed by atoms with Crippen molar-refractivity contribution < 1.29 is 18.7 Å². The van der Waals surface area contributed by atoms with Crippen LogP contribution in [-0.4, -0.2) is 55.5 Å². The van der Waals surface area contributed by atoms with Crippen molar-refractivity contribution in [3.05, 3.63) is 23.7 Å². The Morgan fingerprint density at radius 3 is 2.85 bits per heavy atom. The van der Waals surface area contributed by atoms with Crippen molar-refractivity contribution in [2.24, 2.45) is 0 Å². The molecule has 1 amide bonds. The number of hydrogen-bond donors (Lipinski definition) is 0. The van der Waals surface area contributed by atoms with E-state index < -0.39 is 5.97 Å². The van der Waals surface area contributed by atoms with Gasteiger partial charge in [-0.15, -0.1) is 0 Å². The maximum Gasteiger partial charge on any atom is 0.373 e. The first-order valence-corrected chi connectivity index (χ1v) is 6.69. The van der Waals surface area contributed by atoms with E-state index in [0.717, 1.165) is 19.5 Å². The van der Waals surface area contributed by atoms with Crippen molar-refractivity contribution in [1.82, 2.24) is 9.80 Å². The van der Waals surface area contributed by atoms with Gasteiger partial charge in [-0.05, 0) is 25.5 Å². The van der Waals surface area contributed by atoms with Gasteiger partial charge in [0, 0.05) is 20.1 Å².